The standard InChI is InChI=1S/C12H22N4/c1-3-4-10-5-7-16(8-6-10)12-11(13)9-15(2)14-12/h9-10H,3-8,13H2,1-2H3. The molecule has 0 aliphatic carbocycles. The zero-order valence-electron chi connectivity index (χ0n) is 10.3. The van der Waals surface area contributed by atoms with Crippen LogP contribution in [0.4, 0.5) is 11.5 Å². The fraction of sp³-hybridized carbons (Fsp3) is 0.750. The van der Waals surface area contributed by atoms with Crippen molar-refractivity contribution < 1.29 is 0 Å². The molecule has 1 saturated heterocycles. The molecule has 0 unspecified atom stereocenters. The van der Waals surface area contributed by atoms with E-state index >= 15 is 0 Å². The number of aromatic nitrogens is 2. The van der Waals surface area contributed by atoms with Gasteiger partial charge in [-0.3, -0.25) is 4.68 Å². The van der Waals surface area contributed by atoms with Gasteiger partial charge in [-0.2, -0.15) is 5.10 Å². The number of aryl methyl sites for hydroxylation is 1. The Kier molecular flexibility index (Phi) is 3.36. The predicted molar refractivity (Wildman–Crippen MR) is 67.5 cm³/mol. The van der Waals surface area contributed by atoms with E-state index in [0.29, 0.717) is 0 Å². The maximum atomic E-state index is 5.94. The zero-order chi connectivity index (χ0) is 11.5. The highest BCUT2D eigenvalue weighted by Gasteiger charge is 2.21. The summed E-state index contributed by atoms with van der Waals surface area (Å²) in [5.41, 5.74) is 6.74. The average molecular weight is 222 g/mol. The Morgan fingerprint density at radius 1 is 1.44 bits per heavy atom. The quantitative estimate of drug-likeness (QED) is 0.851. The van der Waals surface area contributed by atoms with Crippen LogP contribution in [-0.4, -0.2) is 22.9 Å². The molecule has 1 fully saturated rings. The summed E-state index contributed by atoms with van der Waals surface area (Å²) in [6, 6.07) is 0. The molecule has 1 aromatic rings. The van der Waals surface area contributed by atoms with Gasteiger partial charge in [-0.05, 0) is 18.8 Å². The van der Waals surface area contributed by atoms with Crippen LogP contribution in [0, 0.1) is 5.92 Å². The summed E-state index contributed by atoms with van der Waals surface area (Å²) in [7, 11) is 1.92. The van der Waals surface area contributed by atoms with E-state index < -0.39 is 0 Å². The summed E-state index contributed by atoms with van der Waals surface area (Å²) in [5, 5.41) is 4.42. The van der Waals surface area contributed by atoms with Crippen molar-refractivity contribution in [1.29, 1.82) is 0 Å². The van der Waals surface area contributed by atoms with E-state index in [1.54, 1.807) is 4.68 Å². The van der Waals surface area contributed by atoms with Gasteiger partial charge in [0.2, 0.25) is 0 Å². The molecule has 1 aliphatic rings. The van der Waals surface area contributed by atoms with Crippen LogP contribution in [0.15, 0.2) is 6.20 Å². The lowest BCUT2D eigenvalue weighted by molar-refractivity contribution is 0.377. The second kappa shape index (κ2) is 4.76. The van der Waals surface area contributed by atoms with Crippen molar-refractivity contribution >= 4 is 11.5 Å². The summed E-state index contributed by atoms with van der Waals surface area (Å²) < 4.78 is 1.79. The summed E-state index contributed by atoms with van der Waals surface area (Å²) >= 11 is 0. The van der Waals surface area contributed by atoms with Crippen LogP contribution in [0.2, 0.25) is 0 Å². The topological polar surface area (TPSA) is 47.1 Å². The van der Waals surface area contributed by atoms with Gasteiger partial charge in [0.15, 0.2) is 5.82 Å². The Hall–Kier alpha value is -1.19. The SMILES string of the molecule is CCCC1CCN(c2nn(C)cc2N)CC1. The Balaban J connectivity index is 1.96. The van der Waals surface area contributed by atoms with Crippen LogP contribution < -0.4 is 10.6 Å². The normalized spacial score (nSPS) is 18.0. The van der Waals surface area contributed by atoms with Gasteiger partial charge in [0.1, 0.15) is 0 Å². The summed E-state index contributed by atoms with van der Waals surface area (Å²) in [4.78, 5) is 2.32. The molecule has 0 radical (unpaired) electrons. The molecule has 0 bridgehead atoms. The third kappa shape index (κ3) is 2.31. The van der Waals surface area contributed by atoms with Crippen molar-refractivity contribution in [1.82, 2.24) is 9.78 Å². The molecule has 0 amide bonds. The van der Waals surface area contributed by atoms with Crippen LogP contribution in [0.1, 0.15) is 32.6 Å². The highest BCUT2D eigenvalue weighted by Crippen LogP contribution is 2.27. The largest absolute Gasteiger partial charge is 0.394 e. The third-order valence-electron chi connectivity index (χ3n) is 3.45. The van der Waals surface area contributed by atoms with Gasteiger partial charge < -0.3 is 10.6 Å². The molecule has 0 saturated carbocycles. The first kappa shape index (κ1) is 11.3. The lowest BCUT2D eigenvalue weighted by Crippen LogP contribution is -2.34. The number of hydrogen-bond acceptors (Lipinski definition) is 3. The molecule has 2 heterocycles. The molecule has 1 aliphatic heterocycles. The van der Waals surface area contributed by atoms with Gasteiger partial charge in [0.05, 0.1) is 5.69 Å². The molecule has 2 rings (SSSR count). The minimum atomic E-state index is 0.802. The maximum absolute atomic E-state index is 5.94. The average Bonchev–Trinajstić information content (AvgIpc) is 2.59. The number of rotatable bonds is 3. The Morgan fingerprint density at radius 3 is 2.62 bits per heavy atom. The smallest absolute Gasteiger partial charge is 0.173 e. The summed E-state index contributed by atoms with van der Waals surface area (Å²) in [6.07, 6.45) is 7.11. The zero-order valence-corrected chi connectivity index (χ0v) is 10.3. The fourth-order valence-corrected chi connectivity index (χ4v) is 2.58. The van der Waals surface area contributed by atoms with E-state index in [0.717, 1.165) is 30.5 Å². The van der Waals surface area contributed by atoms with Crippen molar-refractivity contribution in [2.45, 2.75) is 32.6 Å². The molecule has 90 valence electrons. The van der Waals surface area contributed by atoms with Gasteiger partial charge >= 0.3 is 0 Å². The monoisotopic (exact) mass is 222 g/mol. The van der Waals surface area contributed by atoms with Gasteiger partial charge in [0, 0.05) is 26.3 Å². The van der Waals surface area contributed by atoms with E-state index in [-0.39, 0.29) is 0 Å². The lowest BCUT2D eigenvalue weighted by Gasteiger charge is -2.32. The van der Waals surface area contributed by atoms with Crippen LogP contribution in [0.25, 0.3) is 0 Å². The minimum absolute atomic E-state index is 0.802. The fourth-order valence-electron chi connectivity index (χ4n) is 2.58. The summed E-state index contributed by atoms with van der Waals surface area (Å²) in [5.74, 6) is 1.88. The van der Waals surface area contributed by atoms with Crippen molar-refractivity contribution in [3.63, 3.8) is 0 Å². The highest BCUT2D eigenvalue weighted by atomic mass is 15.3. The van der Waals surface area contributed by atoms with E-state index in [4.69, 9.17) is 5.73 Å². The predicted octanol–water partition coefficient (Wildman–Crippen LogP) is 2.02. The van der Waals surface area contributed by atoms with Gasteiger partial charge in [-0.1, -0.05) is 19.8 Å². The molecule has 0 atom stereocenters. The molecular weight excluding hydrogens is 200 g/mol. The molecule has 4 heteroatoms. The van der Waals surface area contributed by atoms with E-state index in [1.807, 2.05) is 13.2 Å². The van der Waals surface area contributed by atoms with Gasteiger partial charge in [-0.15, -0.1) is 0 Å². The van der Waals surface area contributed by atoms with Crippen LogP contribution in [0.5, 0.6) is 0 Å². The number of hydrogen-bond donors (Lipinski definition) is 1. The van der Waals surface area contributed by atoms with Crippen LogP contribution in [-0.2, 0) is 7.05 Å². The number of nitrogens with zero attached hydrogens (tertiary/aromatic N) is 3. The molecule has 4 nitrogen and oxygen atoms in total. The van der Waals surface area contributed by atoms with E-state index in [1.165, 1.54) is 25.7 Å². The number of anilines is 2. The molecule has 0 aromatic carbocycles. The first-order valence-corrected chi connectivity index (χ1v) is 6.24. The van der Waals surface area contributed by atoms with Crippen LogP contribution in [0.3, 0.4) is 0 Å². The number of nitrogens with two attached hydrogens (primary N) is 1. The number of nitrogen functional groups attached to an aromatic ring is 1. The minimum Gasteiger partial charge on any atom is -0.394 e. The first-order valence-electron chi connectivity index (χ1n) is 6.24. The second-order valence-corrected chi connectivity index (χ2v) is 4.80. The highest BCUT2D eigenvalue weighted by molar-refractivity contribution is 5.61. The van der Waals surface area contributed by atoms with Crippen molar-refractivity contribution in [3.05, 3.63) is 6.20 Å². The van der Waals surface area contributed by atoms with Crippen molar-refractivity contribution in [3.8, 4) is 0 Å². The number of piperidine rings is 1. The van der Waals surface area contributed by atoms with E-state index in [9.17, 15) is 0 Å². The lowest BCUT2D eigenvalue weighted by atomic mass is 9.92. The molecule has 0 spiro atoms. The second-order valence-electron chi connectivity index (χ2n) is 4.80. The molecule has 2 N–H and O–H groups in total. The molecule has 1 aromatic heterocycles. The Labute approximate surface area is 97.4 Å². The Bertz CT molecular complexity index is 337. The van der Waals surface area contributed by atoms with Gasteiger partial charge in [-0.25, -0.2) is 0 Å². The van der Waals surface area contributed by atoms with Crippen LogP contribution >= 0.6 is 0 Å². The third-order valence-corrected chi connectivity index (χ3v) is 3.45. The van der Waals surface area contributed by atoms with E-state index in [2.05, 4.69) is 16.9 Å². The van der Waals surface area contributed by atoms with Crippen molar-refractivity contribution in [2.75, 3.05) is 23.7 Å². The molecular formula is C12H22N4. The maximum Gasteiger partial charge on any atom is 0.173 e. The Morgan fingerprint density at radius 2 is 2.12 bits per heavy atom. The van der Waals surface area contributed by atoms with Crippen molar-refractivity contribution in [2.24, 2.45) is 13.0 Å². The first-order chi connectivity index (χ1) is 7.70. The molecule has 16 heavy (non-hydrogen) atoms. The van der Waals surface area contributed by atoms with Gasteiger partial charge in [0.25, 0.3) is 0 Å². The summed E-state index contributed by atoms with van der Waals surface area (Å²) in [6.45, 7) is 4.47.